The van der Waals surface area contributed by atoms with E-state index in [1.807, 2.05) is 38.8 Å². The van der Waals surface area contributed by atoms with Crippen molar-refractivity contribution in [3.63, 3.8) is 0 Å². The van der Waals surface area contributed by atoms with E-state index < -0.39 is 34.0 Å². The van der Waals surface area contributed by atoms with E-state index in [0.717, 1.165) is 6.29 Å². The fraction of sp³-hybridized carbons (Fsp3) is 0.706. The third-order valence-corrected chi connectivity index (χ3v) is 18.4. The van der Waals surface area contributed by atoms with Gasteiger partial charge in [0, 0.05) is 13.0 Å². The molecule has 0 aliphatic carbocycles. The monoisotopic (exact) mass is 450 g/mol. The first-order valence-corrected chi connectivity index (χ1v) is 20.2. The lowest BCUT2D eigenvalue weighted by molar-refractivity contribution is -0.107. The van der Waals surface area contributed by atoms with Crippen LogP contribution in [0.1, 0.15) is 20.3 Å². The molecular formula is C17H38O6Si4. The van der Waals surface area contributed by atoms with Crippen molar-refractivity contribution in [3.05, 3.63) is 24.6 Å². The maximum absolute atomic E-state index is 11.0. The third kappa shape index (κ3) is 11.3. The van der Waals surface area contributed by atoms with E-state index in [-0.39, 0.29) is 0 Å². The van der Waals surface area contributed by atoms with Gasteiger partial charge < -0.3 is 26.3 Å². The zero-order chi connectivity index (χ0) is 21.4. The maximum atomic E-state index is 11.0. The van der Waals surface area contributed by atoms with Gasteiger partial charge in [-0.05, 0) is 59.2 Å². The summed E-state index contributed by atoms with van der Waals surface area (Å²) in [6, 6.07) is 0.521. The molecule has 6 nitrogen and oxygen atoms in total. The Hall–Kier alpha value is -0.342. The zero-order valence-electron chi connectivity index (χ0n) is 18.3. The fourth-order valence-electron chi connectivity index (χ4n) is 2.83. The van der Waals surface area contributed by atoms with Gasteiger partial charge in [-0.1, -0.05) is 12.3 Å². The van der Waals surface area contributed by atoms with Crippen LogP contribution in [0.25, 0.3) is 0 Å². The van der Waals surface area contributed by atoms with E-state index >= 15 is 0 Å². The normalized spacial score (nSPS) is 15.1. The molecule has 27 heavy (non-hydrogen) atoms. The van der Waals surface area contributed by atoms with E-state index in [4.69, 9.17) is 21.5 Å². The van der Waals surface area contributed by atoms with E-state index in [1.54, 1.807) is 6.92 Å². The Balaban J connectivity index is 5.45. The van der Waals surface area contributed by atoms with Gasteiger partial charge in [0.05, 0.1) is 5.76 Å². The average Bonchev–Trinajstić information content (AvgIpc) is 2.48. The van der Waals surface area contributed by atoms with Gasteiger partial charge in [0.25, 0.3) is 0 Å². The van der Waals surface area contributed by atoms with Crippen molar-refractivity contribution in [2.45, 2.75) is 65.6 Å². The predicted molar refractivity (Wildman–Crippen MR) is 120 cm³/mol. The summed E-state index contributed by atoms with van der Waals surface area (Å²) in [5, 5.41) is 0. The molecule has 0 saturated carbocycles. The van der Waals surface area contributed by atoms with Gasteiger partial charge in [-0.2, -0.15) is 0 Å². The molecule has 0 rings (SSSR count). The fourth-order valence-corrected chi connectivity index (χ4v) is 20.4. The molecule has 0 bridgehead atoms. The number of ether oxygens (including phenoxy) is 1. The predicted octanol–water partition coefficient (Wildman–Crippen LogP) is 4.53. The van der Waals surface area contributed by atoms with E-state index in [2.05, 4.69) is 26.3 Å². The standard InChI is InChI=1S/C17H38O6Si4/c1-11-20-27(15-13-14-18,16-19-17(3)4)23-26(9,10)22-25(7,8)21-24(5,6)12-2/h12,14H,2-3,11,13,15-16H2,1,4-10H3. The summed E-state index contributed by atoms with van der Waals surface area (Å²) in [6.07, 6.45) is 1.55. The quantitative estimate of drug-likeness (QED) is 0.207. The Morgan fingerprint density at radius 1 is 1.00 bits per heavy atom. The molecule has 0 aromatic heterocycles. The van der Waals surface area contributed by atoms with Crippen LogP contribution in [-0.2, 0) is 26.3 Å². The van der Waals surface area contributed by atoms with Crippen molar-refractivity contribution in [2.24, 2.45) is 0 Å². The second kappa shape index (κ2) is 11.0. The molecule has 0 radical (unpaired) electrons. The van der Waals surface area contributed by atoms with Gasteiger partial charge in [0.2, 0.25) is 0 Å². The largest absolute Gasteiger partial charge is 0.497 e. The summed E-state index contributed by atoms with van der Waals surface area (Å²) in [6.45, 7) is 24.1. The number of allylic oxidation sites excluding steroid dienone is 1. The second-order valence-electron chi connectivity index (χ2n) is 7.95. The highest BCUT2D eigenvalue weighted by atomic mass is 28.5. The Morgan fingerprint density at radius 3 is 2.00 bits per heavy atom. The second-order valence-corrected chi connectivity index (χ2v) is 22.5. The van der Waals surface area contributed by atoms with Crippen LogP contribution in [0.5, 0.6) is 0 Å². The summed E-state index contributed by atoms with van der Waals surface area (Å²) in [7, 11) is -9.81. The Morgan fingerprint density at radius 2 is 1.56 bits per heavy atom. The van der Waals surface area contributed by atoms with E-state index in [1.165, 1.54) is 0 Å². The van der Waals surface area contributed by atoms with E-state index in [9.17, 15) is 4.79 Å². The number of hydrogen-bond donors (Lipinski definition) is 0. The smallest absolute Gasteiger partial charge is 0.368 e. The van der Waals surface area contributed by atoms with Gasteiger partial charge in [-0.3, -0.25) is 0 Å². The number of carbonyl (C=O) groups is 1. The summed E-state index contributed by atoms with van der Waals surface area (Å²) >= 11 is 0. The SMILES string of the molecule is C=C[Si](C)(C)O[Si](C)(C)O[Si](C)(C)O[Si](CCC=O)(COC(=C)C)OCC. The molecular weight excluding hydrogens is 413 g/mol. The Kier molecular flexibility index (Phi) is 10.9. The molecule has 0 heterocycles. The molecule has 1 unspecified atom stereocenters. The molecule has 1 atom stereocenters. The highest BCUT2D eigenvalue weighted by Crippen LogP contribution is 2.27. The molecule has 0 aliphatic heterocycles. The molecule has 0 aliphatic rings. The first kappa shape index (κ1) is 26.7. The van der Waals surface area contributed by atoms with Gasteiger partial charge >= 0.3 is 25.7 Å². The Bertz CT molecular complexity index is 510. The minimum Gasteiger partial charge on any atom is -0.497 e. The van der Waals surface area contributed by atoms with Crippen molar-refractivity contribution < 1.29 is 26.3 Å². The van der Waals surface area contributed by atoms with Crippen LogP contribution in [0.15, 0.2) is 24.6 Å². The molecule has 0 N–H and O–H groups in total. The summed E-state index contributed by atoms with van der Waals surface area (Å²) in [5.41, 5.74) is 1.91. The molecule has 0 amide bonds. The van der Waals surface area contributed by atoms with Crippen LogP contribution in [0.4, 0.5) is 0 Å². The highest BCUT2D eigenvalue weighted by molar-refractivity contribution is 6.90. The topological polar surface area (TPSA) is 63.2 Å². The van der Waals surface area contributed by atoms with Crippen molar-refractivity contribution in [1.82, 2.24) is 0 Å². The maximum Gasteiger partial charge on any atom is 0.368 e. The van der Waals surface area contributed by atoms with Crippen molar-refractivity contribution >= 4 is 40.3 Å². The average molecular weight is 451 g/mol. The minimum atomic E-state index is -2.80. The highest BCUT2D eigenvalue weighted by Gasteiger charge is 2.48. The van der Waals surface area contributed by atoms with Gasteiger partial charge in [0.15, 0.2) is 8.32 Å². The molecule has 0 saturated heterocycles. The van der Waals surface area contributed by atoms with Crippen LogP contribution in [0.3, 0.4) is 0 Å². The van der Waals surface area contributed by atoms with Crippen LogP contribution >= 0.6 is 0 Å². The van der Waals surface area contributed by atoms with Crippen molar-refractivity contribution in [1.29, 1.82) is 0 Å². The lowest BCUT2D eigenvalue weighted by atomic mass is 10.6. The van der Waals surface area contributed by atoms with Crippen LogP contribution in [0, 0.1) is 0 Å². The number of carbonyl (C=O) groups excluding carboxylic acids is 1. The lowest BCUT2D eigenvalue weighted by Gasteiger charge is -2.41. The minimum absolute atomic E-state index is 0.291. The van der Waals surface area contributed by atoms with Crippen molar-refractivity contribution in [3.8, 4) is 0 Å². The van der Waals surface area contributed by atoms with E-state index in [0.29, 0.717) is 31.1 Å². The zero-order valence-corrected chi connectivity index (χ0v) is 22.3. The van der Waals surface area contributed by atoms with Gasteiger partial charge in [0.1, 0.15) is 12.5 Å². The first-order valence-electron chi connectivity index (χ1n) is 9.32. The molecule has 0 fully saturated rings. The number of rotatable bonds is 15. The van der Waals surface area contributed by atoms with Crippen LogP contribution < -0.4 is 0 Å². The lowest BCUT2D eigenvalue weighted by Crippen LogP contribution is -2.60. The molecule has 0 aromatic carbocycles. The molecule has 0 aromatic rings. The summed E-state index contributed by atoms with van der Waals surface area (Å²) in [5.74, 6) is 0.596. The van der Waals surface area contributed by atoms with Gasteiger partial charge in [-0.25, -0.2) is 0 Å². The molecule has 0 spiro atoms. The number of hydrogen-bond acceptors (Lipinski definition) is 6. The molecule has 158 valence electrons. The third-order valence-electron chi connectivity index (χ3n) is 3.51. The first-order chi connectivity index (χ1) is 12.2. The van der Waals surface area contributed by atoms with Crippen LogP contribution in [-0.4, -0.2) is 53.1 Å². The molecule has 10 heteroatoms. The summed E-state index contributed by atoms with van der Waals surface area (Å²) < 4.78 is 31.1. The Labute approximate surface area is 169 Å². The van der Waals surface area contributed by atoms with Gasteiger partial charge in [-0.15, -0.1) is 6.58 Å². The number of aldehydes is 1. The van der Waals surface area contributed by atoms with Crippen molar-refractivity contribution in [2.75, 3.05) is 12.8 Å². The summed E-state index contributed by atoms with van der Waals surface area (Å²) in [4.78, 5) is 11.0. The van der Waals surface area contributed by atoms with Crippen LogP contribution in [0.2, 0.25) is 45.3 Å².